The monoisotopic (exact) mass is 350 g/mol. The number of carbonyl (C=O) groups is 1. The Labute approximate surface area is 135 Å². The molecule has 1 aliphatic heterocycles. The van der Waals surface area contributed by atoms with Gasteiger partial charge in [-0.3, -0.25) is 4.79 Å². The van der Waals surface area contributed by atoms with Gasteiger partial charge in [-0.1, -0.05) is 6.07 Å². The molecule has 1 atom stereocenters. The standard InChI is InChI=1S/C13H18N2O5S.ClH/c1-20-5-4-15-21(18,19)11-3-2-9-7-12(13(16)17)14-8-10(9)6-11;/h2-3,6,12,14-15H,4-5,7-8H2,1H3,(H,16,17);1H/t12-;/m0./s1. The summed E-state index contributed by atoms with van der Waals surface area (Å²) in [5, 5.41) is 11.9. The first-order valence-corrected chi connectivity index (χ1v) is 7.99. The lowest BCUT2D eigenvalue weighted by Gasteiger charge is -2.23. The fourth-order valence-electron chi connectivity index (χ4n) is 2.19. The number of sulfonamides is 1. The van der Waals surface area contributed by atoms with E-state index in [4.69, 9.17) is 9.84 Å². The molecule has 0 amide bonds. The Balaban J connectivity index is 0.00000242. The van der Waals surface area contributed by atoms with E-state index in [1.807, 2.05) is 0 Å². The van der Waals surface area contributed by atoms with Gasteiger partial charge in [-0.15, -0.1) is 12.4 Å². The van der Waals surface area contributed by atoms with Crippen LogP contribution in [0.5, 0.6) is 0 Å². The number of carboxylic acids is 1. The molecule has 1 heterocycles. The summed E-state index contributed by atoms with van der Waals surface area (Å²) in [7, 11) is -2.07. The first-order valence-electron chi connectivity index (χ1n) is 6.50. The van der Waals surface area contributed by atoms with Gasteiger partial charge in [-0.2, -0.15) is 0 Å². The molecule has 124 valence electrons. The molecule has 0 spiro atoms. The van der Waals surface area contributed by atoms with Crippen molar-refractivity contribution in [2.75, 3.05) is 20.3 Å². The lowest BCUT2D eigenvalue weighted by Crippen LogP contribution is -2.41. The molecule has 0 bridgehead atoms. The molecule has 7 nitrogen and oxygen atoms in total. The number of rotatable bonds is 6. The van der Waals surface area contributed by atoms with Crippen molar-refractivity contribution in [3.8, 4) is 0 Å². The van der Waals surface area contributed by atoms with E-state index in [0.29, 0.717) is 19.6 Å². The smallest absolute Gasteiger partial charge is 0.321 e. The van der Waals surface area contributed by atoms with Crippen LogP contribution in [0, 0.1) is 0 Å². The maximum absolute atomic E-state index is 12.1. The number of benzene rings is 1. The second-order valence-corrected chi connectivity index (χ2v) is 6.56. The van der Waals surface area contributed by atoms with Gasteiger partial charge < -0.3 is 15.2 Å². The zero-order valence-corrected chi connectivity index (χ0v) is 13.7. The van der Waals surface area contributed by atoms with E-state index in [1.165, 1.54) is 13.2 Å². The van der Waals surface area contributed by atoms with Crippen LogP contribution in [-0.4, -0.2) is 45.8 Å². The average Bonchev–Trinajstić information content (AvgIpc) is 2.46. The summed E-state index contributed by atoms with van der Waals surface area (Å²) >= 11 is 0. The maximum atomic E-state index is 12.1. The van der Waals surface area contributed by atoms with Gasteiger partial charge in [-0.05, 0) is 29.7 Å². The Morgan fingerprint density at radius 3 is 2.82 bits per heavy atom. The quantitative estimate of drug-likeness (QED) is 0.630. The Morgan fingerprint density at radius 2 is 2.18 bits per heavy atom. The Bertz CT molecular complexity index is 635. The fourth-order valence-corrected chi connectivity index (χ4v) is 3.26. The molecule has 3 N–H and O–H groups in total. The number of hydrogen-bond donors (Lipinski definition) is 3. The number of hydrogen-bond acceptors (Lipinski definition) is 5. The van der Waals surface area contributed by atoms with Crippen molar-refractivity contribution >= 4 is 28.4 Å². The number of halogens is 1. The third kappa shape index (κ3) is 4.40. The zero-order chi connectivity index (χ0) is 15.5. The van der Waals surface area contributed by atoms with E-state index in [1.54, 1.807) is 12.1 Å². The number of methoxy groups -OCH3 is 1. The molecule has 0 unspecified atom stereocenters. The summed E-state index contributed by atoms with van der Waals surface area (Å²) < 4.78 is 31.4. The highest BCUT2D eigenvalue weighted by Crippen LogP contribution is 2.21. The summed E-state index contributed by atoms with van der Waals surface area (Å²) in [5.41, 5.74) is 1.67. The number of carboxylic acid groups (broad SMARTS) is 1. The van der Waals surface area contributed by atoms with Crippen LogP contribution < -0.4 is 10.0 Å². The van der Waals surface area contributed by atoms with Gasteiger partial charge in [0.25, 0.3) is 0 Å². The van der Waals surface area contributed by atoms with E-state index in [2.05, 4.69) is 10.0 Å². The molecular formula is C13H19ClN2O5S. The van der Waals surface area contributed by atoms with Gasteiger partial charge in [0.15, 0.2) is 0 Å². The van der Waals surface area contributed by atoms with E-state index in [9.17, 15) is 13.2 Å². The molecule has 2 rings (SSSR count). The molecule has 0 aliphatic carbocycles. The molecule has 0 aromatic heterocycles. The number of ether oxygens (including phenoxy) is 1. The van der Waals surface area contributed by atoms with Gasteiger partial charge in [-0.25, -0.2) is 13.1 Å². The van der Waals surface area contributed by atoms with Crippen LogP contribution >= 0.6 is 12.4 Å². The molecule has 0 saturated carbocycles. The summed E-state index contributed by atoms with van der Waals surface area (Å²) in [6.45, 7) is 0.842. The second kappa shape index (κ2) is 7.89. The predicted molar refractivity (Wildman–Crippen MR) is 82.7 cm³/mol. The van der Waals surface area contributed by atoms with E-state index >= 15 is 0 Å². The molecule has 1 aromatic rings. The van der Waals surface area contributed by atoms with Gasteiger partial charge in [0, 0.05) is 20.2 Å². The zero-order valence-electron chi connectivity index (χ0n) is 12.0. The summed E-state index contributed by atoms with van der Waals surface area (Å²) in [6.07, 6.45) is 0.349. The highest BCUT2D eigenvalue weighted by atomic mass is 35.5. The first-order chi connectivity index (χ1) is 9.94. The van der Waals surface area contributed by atoms with Crippen LogP contribution in [0.4, 0.5) is 0 Å². The average molecular weight is 351 g/mol. The van der Waals surface area contributed by atoms with Crippen molar-refractivity contribution in [3.63, 3.8) is 0 Å². The van der Waals surface area contributed by atoms with Crippen molar-refractivity contribution < 1.29 is 23.1 Å². The Morgan fingerprint density at radius 1 is 1.45 bits per heavy atom. The van der Waals surface area contributed by atoms with E-state index in [0.717, 1.165) is 11.1 Å². The van der Waals surface area contributed by atoms with Gasteiger partial charge >= 0.3 is 5.97 Å². The summed E-state index contributed by atoms with van der Waals surface area (Å²) in [4.78, 5) is 11.1. The van der Waals surface area contributed by atoms with E-state index in [-0.39, 0.29) is 23.8 Å². The van der Waals surface area contributed by atoms with Crippen LogP contribution in [0.3, 0.4) is 0 Å². The topological polar surface area (TPSA) is 105 Å². The van der Waals surface area contributed by atoms with Gasteiger partial charge in [0.1, 0.15) is 6.04 Å². The molecule has 1 aromatic carbocycles. The number of aliphatic carboxylic acids is 1. The highest BCUT2D eigenvalue weighted by molar-refractivity contribution is 7.89. The van der Waals surface area contributed by atoms with Crippen molar-refractivity contribution in [3.05, 3.63) is 29.3 Å². The van der Waals surface area contributed by atoms with Crippen molar-refractivity contribution in [1.82, 2.24) is 10.0 Å². The minimum absolute atomic E-state index is 0. The SMILES string of the molecule is COCCNS(=O)(=O)c1ccc2c(c1)CN[C@H](C(=O)O)C2.Cl. The fraction of sp³-hybridized carbons (Fsp3) is 0.462. The van der Waals surface area contributed by atoms with Crippen LogP contribution in [0.25, 0.3) is 0 Å². The number of nitrogens with one attached hydrogen (secondary N) is 2. The number of fused-ring (bicyclic) bond motifs is 1. The third-order valence-corrected chi connectivity index (χ3v) is 4.81. The summed E-state index contributed by atoms with van der Waals surface area (Å²) in [5.74, 6) is -0.904. The van der Waals surface area contributed by atoms with E-state index < -0.39 is 22.0 Å². The van der Waals surface area contributed by atoms with Gasteiger partial charge in [0.05, 0.1) is 11.5 Å². The minimum Gasteiger partial charge on any atom is -0.480 e. The molecular weight excluding hydrogens is 332 g/mol. The molecule has 0 radical (unpaired) electrons. The molecule has 0 saturated heterocycles. The minimum atomic E-state index is -3.57. The van der Waals surface area contributed by atoms with Gasteiger partial charge in [0.2, 0.25) is 10.0 Å². The third-order valence-electron chi connectivity index (χ3n) is 3.35. The predicted octanol–water partition coefficient (Wildman–Crippen LogP) is 0.132. The largest absolute Gasteiger partial charge is 0.480 e. The Hall–Kier alpha value is -1.19. The highest BCUT2D eigenvalue weighted by Gasteiger charge is 2.25. The Kier molecular flexibility index (Phi) is 6.76. The first kappa shape index (κ1) is 18.9. The molecule has 0 fully saturated rings. The van der Waals surface area contributed by atoms with Crippen molar-refractivity contribution in [1.29, 1.82) is 0 Å². The lowest BCUT2D eigenvalue weighted by molar-refractivity contribution is -0.139. The molecule has 1 aliphatic rings. The summed E-state index contributed by atoms with van der Waals surface area (Å²) in [6, 6.07) is 4.13. The molecule has 22 heavy (non-hydrogen) atoms. The van der Waals surface area contributed by atoms with Crippen LogP contribution in [0.2, 0.25) is 0 Å². The van der Waals surface area contributed by atoms with Crippen LogP contribution in [0.15, 0.2) is 23.1 Å². The van der Waals surface area contributed by atoms with Crippen molar-refractivity contribution in [2.45, 2.75) is 23.9 Å². The molecule has 9 heteroatoms. The van der Waals surface area contributed by atoms with Crippen molar-refractivity contribution in [2.24, 2.45) is 0 Å². The maximum Gasteiger partial charge on any atom is 0.321 e. The second-order valence-electron chi connectivity index (χ2n) is 4.80. The normalized spacial score (nSPS) is 17.4. The van der Waals surface area contributed by atoms with Crippen LogP contribution in [-0.2, 0) is 32.5 Å². The lowest BCUT2D eigenvalue weighted by atomic mass is 9.96. The van der Waals surface area contributed by atoms with Crippen LogP contribution in [0.1, 0.15) is 11.1 Å².